The number of aliphatic carboxylic acids is 1. The number of halogens is 4. The van der Waals surface area contributed by atoms with Crippen molar-refractivity contribution in [3.05, 3.63) is 56.0 Å². The average molecular weight is 2120 g/mol. The third-order valence-corrected chi connectivity index (χ3v) is 24.5. The maximum atomic E-state index is 12.3. The zero-order valence-corrected chi connectivity index (χ0v) is 69.9. The van der Waals surface area contributed by atoms with Crippen LogP contribution in [0, 0.1) is 14.3 Å². The summed E-state index contributed by atoms with van der Waals surface area (Å²) >= 11 is 8.32. The number of carboxylic acid groups (broad SMARTS) is 1. The van der Waals surface area contributed by atoms with Crippen LogP contribution in [0.3, 0.4) is 0 Å². The van der Waals surface area contributed by atoms with Gasteiger partial charge in [0, 0.05) is 19.3 Å². The number of aliphatic hydroxyl groups excluding tert-OH is 21. The Labute approximate surface area is 713 Å². The minimum atomic E-state index is -2.27. The van der Waals surface area contributed by atoms with Gasteiger partial charge in [0.15, 0.2) is 56.1 Å². The first kappa shape index (κ1) is 93.3. The molecule has 0 saturated carbocycles. The van der Waals surface area contributed by atoms with Crippen molar-refractivity contribution < 1.29 is 202 Å². The highest BCUT2D eigenvalue weighted by Crippen LogP contribution is 2.43. The van der Waals surface area contributed by atoms with Crippen molar-refractivity contribution in [3.8, 4) is 17.2 Å². The van der Waals surface area contributed by atoms with Gasteiger partial charge in [-0.3, -0.25) is 4.79 Å². The smallest absolute Gasteiger partial charge is 0.307 e. The van der Waals surface area contributed by atoms with Gasteiger partial charge in [-0.05, 0) is 134 Å². The Hall–Kier alpha value is -1.91. The lowest BCUT2D eigenvalue weighted by atomic mass is 9.88. The van der Waals surface area contributed by atoms with Gasteiger partial charge >= 0.3 is 5.97 Å². The first-order valence-corrected chi connectivity index (χ1v) is 41.1. The Bertz CT molecular complexity index is 3650. The Morgan fingerprint density at radius 1 is 0.405 bits per heavy atom. The van der Waals surface area contributed by atoms with Crippen LogP contribution in [0.15, 0.2) is 30.5 Å². The second kappa shape index (κ2) is 40.2. The molecular formula is C68H95I4N3O41. The fourth-order valence-electron chi connectivity index (χ4n) is 15.2. The molecule has 0 radical (unpaired) electrons. The first-order valence-electron chi connectivity index (χ1n) is 36.8. The van der Waals surface area contributed by atoms with Gasteiger partial charge < -0.3 is 198 Å². The Morgan fingerprint density at radius 2 is 0.698 bits per heavy atom. The van der Waals surface area contributed by atoms with Crippen molar-refractivity contribution in [1.29, 1.82) is 0 Å². The highest BCUT2D eigenvalue weighted by molar-refractivity contribution is 14.1. The van der Waals surface area contributed by atoms with E-state index in [0.29, 0.717) is 42.8 Å². The molecule has 44 nitrogen and oxygen atoms in total. The summed E-state index contributed by atoms with van der Waals surface area (Å²) in [7, 11) is 0. The van der Waals surface area contributed by atoms with Crippen molar-refractivity contribution in [2.75, 3.05) is 46.2 Å². The van der Waals surface area contributed by atoms with Crippen molar-refractivity contribution in [2.24, 2.45) is 0 Å². The van der Waals surface area contributed by atoms with E-state index >= 15 is 0 Å². The van der Waals surface area contributed by atoms with Crippen LogP contribution >= 0.6 is 90.4 Å². The van der Waals surface area contributed by atoms with Gasteiger partial charge in [-0.2, -0.15) is 0 Å². The molecule has 0 amide bonds. The summed E-state index contributed by atoms with van der Waals surface area (Å²) in [5, 5.41) is 257. The minimum absolute atomic E-state index is 0.145. The minimum Gasteiger partial charge on any atom is -0.485 e. The molecule has 16 bridgehead atoms. The molecule has 30 fully saturated rings. The van der Waals surface area contributed by atoms with E-state index in [1.807, 2.05) is 0 Å². The lowest BCUT2D eigenvalue weighted by molar-refractivity contribution is -0.399. The number of benzene rings is 2. The molecule has 3 aromatic rings. The van der Waals surface area contributed by atoms with Gasteiger partial charge in [-0.15, -0.1) is 5.10 Å². The van der Waals surface area contributed by atoms with Crippen LogP contribution in [0.2, 0.25) is 0 Å². The van der Waals surface area contributed by atoms with Gasteiger partial charge in [0.25, 0.3) is 0 Å². The molecule has 1 aromatic heterocycles. The molecule has 48 heteroatoms. The van der Waals surface area contributed by atoms with Gasteiger partial charge in [-0.1, -0.05) is 5.21 Å². The van der Waals surface area contributed by atoms with E-state index in [2.05, 4.69) is 101 Å². The standard InChI is InChI=1S/C68H95I4N3O41/c1-68(2,75-11-21(73-74-75)19-99-52-25(71)6-22(7-26(52)72)100-53-23(69)3-20(4-24(53)70)5-37(85)86)10-29-56-40(87)46(93)62(103-29)111-55-28(84)9-38(102-31(55)13-77)109-54-27(83)8-39(101-30(54)12-76)110-57-32(14-78)104-64(47(94)41(57)88)113-59-34(16-80)106-66(49(96)43(59)90)115-61-36(18-82)108-67(51(98)45(61)92)116-60-35(17-81)107-65(50(97)44(60)91)114-58-33(15-79)105-63(112-56)48(95)42(58)89/h3-4,6-7,11,27-36,38-51,54-67,76-84,87-98H,5,8-10,12-19H2,1-2H3,(H,85,86)/t27-,28-,29?,30?,31?,32?,33?,34?,35?,36?,38+,39+,40-,41-,42-,43-,44-,45-,46?,47?,48?,49?,50?,51?,54+,55+,56-,57-,58-,59-,60-,61-,62-,63+,64+,65+,66-,67-/m1/s1. The number of aromatic nitrogens is 3. The van der Waals surface area contributed by atoms with Crippen LogP contribution in [0.4, 0.5) is 0 Å². The number of aliphatic hydroxyl groups is 21. The van der Waals surface area contributed by atoms with Crippen LogP contribution in [-0.2, 0) is 99.2 Å². The van der Waals surface area contributed by atoms with Gasteiger partial charge in [0.05, 0.1) is 97.0 Å². The van der Waals surface area contributed by atoms with Crippen molar-refractivity contribution >= 4 is 96.3 Å². The van der Waals surface area contributed by atoms with E-state index in [1.54, 1.807) is 44.3 Å². The lowest BCUT2D eigenvalue weighted by Gasteiger charge is -2.50. The number of carbonyl (C=O) groups is 1. The van der Waals surface area contributed by atoms with Crippen LogP contribution in [0.1, 0.15) is 44.4 Å². The molecular weight excluding hydrogens is 2020 g/mol. The number of hydrogen-bond acceptors (Lipinski definition) is 42. The van der Waals surface area contributed by atoms with E-state index in [0.717, 1.165) is 0 Å². The van der Waals surface area contributed by atoms with Crippen molar-refractivity contribution in [3.63, 3.8) is 0 Å². The Balaban J connectivity index is 0.802. The summed E-state index contributed by atoms with van der Waals surface area (Å²) in [4.78, 5) is 11.4. The molecule has 30 aliphatic heterocycles. The quantitative estimate of drug-likeness (QED) is 0.0558. The molecule has 30 aliphatic rings. The fraction of sp³-hybridized carbons (Fsp3) is 0.779. The summed E-state index contributed by atoms with van der Waals surface area (Å²) in [6.07, 6.45) is -73.0. The van der Waals surface area contributed by atoms with Crippen LogP contribution in [0.25, 0.3) is 0 Å². The molecule has 0 aliphatic carbocycles. The van der Waals surface area contributed by atoms with Crippen molar-refractivity contribution in [2.45, 2.75) is 285 Å². The summed E-state index contributed by atoms with van der Waals surface area (Å²) in [6.45, 7) is -3.93. The number of rotatable bonds is 17. The summed E-state index contributed by atoms with van der Waals surface area (Å²) < 4.78 is 112. The molecule has 0 spiro atoms. The lowest BCUT2D eigenvalue weighted by Crippen LogP contribution is -2.68. The molecule has 116 heavy (non-hydrogen) atoms. The van der Waals surface area contributed by atoms with E-state index in [-0.39, 0.29) is 19.4 Å². The predicted octanol–water partition coefficient (Wildman–Crippen LogP) is -8.51. The molecule has 14 unspecified atom stereocenters. The molecule has 656 valence electrons. The number of hydrogen-bond donors (Lipinski definition) is 22. The maximum absolute atomic E-state index is 12.3. The average Bonchev–Trinajstić information content (AvgIpc) is 1.03. The second-order valence-electron chi connectivity index (χ2n) is 29.8. The molecule has 2 aromatic carbocycles. The third-order valence-electron chi connectivity index (χ3n) is 21.3. The molecule has 30 saturated heterocycles. The fourth-order valence-corrected chi connectivity index (χ4v) is 19.3. The summed E-state index contributed by atoms with van der Waals surface area (Å²) in [5.74, 6) is 0.467. The highest BCUT2D eigenvalue weighted by Gasteiger charge is 2.60. The largest absolute Gasteiger partial charge is 0.485 e. The zero-order valence-electron chi connectivity index (χ0n) is 61.3. The van der Waals surface area contributed by atoms with Gasteiger partial charge in [-0.25, -0.2) is 4.68 Å². The van der Waals surface area contributed by atoms with E-state index in [9.17, 15) is 117 Å². The predicted molar refractivity (Wildman–Crippen MR) is 405 cm³/mol. The van der Waals surface area contributed by atoms with Gasteiger partial charge in [0.2, 0.25) is 0 Å². The van der Waals surface area contributed by atoms with Crippen LogP contribution in [-0.4, -0.2) is 413 Å². The Morgan fingerprint density at radius 3 is 1.04 bits per heavy atom. The third kappa shape index (κ3) is 20.3. The summed E-state index contributed by atoms with van der Waals surface area (Å²) in [6, 6.07) is 6.95. The number of nitrogens with zero attached hydrogens (tertiary/aromatic N) is 3. The monoisotopic (exact) mass is 2120 g/mol. The summed E-state index contributed by atoms with van der Waals surface area (Å²) in [5.41, 5.74) is -0.387. The number of ether oxygens (including phenoxy) is 18. The molecule has 31 heterocycles. The SMILES string of the molecule is CC(C)(CC1O[C@@H]2O[C@@H]3C(CO)O[C@H](C[C@H]3O)O[C@@H]3C(CO)O[C@H](C[C@H]3O)O[C@@H]3C(CO)O[C@@H](O[C@@H]4C(CO)O[C@H](O[C@@H]5C(CO)O[C@H](O[C@@H]6C(CO)O[C@@H](O[C@@H]7C(CO)O[C@@H](O[C@H]1[C@H](O)C2O)C(O)[C@H]7O)C(O)[C@H]6O)C(O)[C@H]5O)C(O)[C@H]4O)C(O)[C@H]3O)n1cc(COc2c(I)cc(Oc3c(I)cc(CC(=O)O)cc3I)cc2I)nn1. The van der Waals surface area contributed by atoms with E-state index in [1.165, 1.54) is 4.68 Å². The zero-order chi connectivity index (χ0) is 84.0. The molecule has 22 N–H and O–H groups in total. The van der Waals surface area contributed by atoms with Gasteiger partial charge in [0.1, 0.15) is 189 Å². The Kier molecular flexibility index (Phi) is 32.3. The second-order valence-corrected chi connectivity index (χ2v) is 34.4. The van der Waals surface area contributed by atoms with Crippen molar-refractivity contribution in [1.82, 2.24) is 15.0 Å². The first-order chi connectivity index (χ1) is 55.1. The van der Waals surface area contributed by atoms with E-state index < -0.39 is 304 Å². The van der Waals surface area contributed by atoms with Crippen LogP contribution < -0.4 is 9.47 Å². The van der Waals surface area contributed by atoms with Crippen LogP contribution in [0.5, 0.6) is 17.2 Å². The normalized spacial score (nSPS) is 43.6. The van der Waals surface area contributed by atoms with E-state index in [4.69, 9.17) is 85.3 Å². The number of carboxylic acids is 1. The molecule has 33 rings (SSSR count). The molecule has 38 atom stereocenters. The topological polar surface area (TPSA) is 659 Å². The maximum Gasteiger partial charge on any atom is 0.307 e. The highest BCUT2D eigenvalue weighted by atomic mass is 127.